The largest absolute Gasteiger partial charge is 0.507 e. The third-order valence-electron chi connectivity index (χ3n) is 5.98. The molecular weight excluding hydrogens is 490 g/mol. The lowest BCUT2D eigenvalue weighted by atomic mass is 9.95. The van der Waals surface area contributed by atoms with Gasteiger partial charge in [0.25, 0.3) is 0 Å². The summed E-state index contributed by atoms with van der Waals surface area (Å²) in [7, 11) is 0. The fourth-order valence-electron chi connectivity index (χ4n) is 3.93. The van der Waals surface area contributed by atoms with E-state index >= 15 is 0 Å². The van der Waals surface area contributed by atoms with Crippen molar-refractivity contribution in [2.24, 2.45) is 5.92 Å². The van der Waals surface area contributed by atoms with Crippen molar-refractivity contribution in [3.63, 3.8) is 0 Å². The molecule has 3 unspecified atom stereocenters. The number of thiol groups is 1. The van der Waals surface area contributed by atoms with Gasteiger partial charge >= 0.3 is 6.09 Å². The van der Waals surface area contributed by atoms with Crippen LogP contribution < -0.4 is 10.6 Å². The molecular formula is C28H47N3O5S. The maximum Gasteiger partial charge on any atom is 0.408 e. The van der Waals surface area contributed by atoms with Crippen molar-refractivity contribution in [1.82, 2.24) is 15.5 Å². The molecule has 3 atom stereocenters. The number of hydrogen-bond donors (Lipinski definition) is 4. The first-order chi connectivity index (χ1) is 17.2. The minimum absolute atomic E-state index is 0.00938. The molecule has 0 saturated carbocycles. The smallest absolute Gasteiger partial charge is 0.408 e. The van der Waals surface area contributed by atoms with Crippen LogP contribution >= 0.6 is 12.6 Å². The molecule has 1 aromatic carbocycles. The van der Waals surface area contributed by atoms with Crippen LogP contribution in [-0.2, 0) is 14.3 Å². The van der Waals surface area contributed by atoms with E-state index in [1.165, 1.54) is 4.90 Å². The molecule has 9 heteroatoms. The molecule has 0 aromatic heterocycles. The number of phenolic OH excluding ortho intramolecular Hbond substituents is 1. The van der Waals surface area contributed by atoms with E-state index in [0.29, 0.717) is 30.0 Å². The van der Waals surface area contributed by atoms with Crippen LogP contribution in [-0.4, -0.2) is 57.9 Å². The lowest BCUT2D eigenvalue weighted by Crippen LogP contribution is -2.56. The van der Waals surface area contributed by atoms with Crippen molar-refractivity contribution in [3.8, 4) is 5.75 Å². The van der Waals surface area contributed by atoms with Gasteiger partial charge in [-0.1, -0.05) is 45.4 Å². The summed E-state index contributed by atoms with van der Waals surface area (Å²) < 4.78 is 5.36. The Hall–Kier alpha value is -2.42. The second kappa shape index (κ2) is 15.1. The van der Waals surface area contributed by atoms with Crippen LogP contribution in [0.25, 0.3) is 0 Å². The normalized spacial score (nSPS) is 14.0. The monoisotopic (exact) mass is 537 g/mol. The highest BCUT2D eigenvalue weighted by Gasteiger charge is 2.39. The van der Waals surface area contributed by atoms with Crippen molar-refractivity contribution in [2.75, 3.05) is 12.3 Å². The molecule has 0 aliphatic rings. The Morgan fingerprint density at radius 2 is 1.78 bits per heavy atom. The molecule has 210 valence electrons. The predicted molar refractivity (Wildman–Crippen MR) is 151 cm³/mol. The van der Waals surface area contributed by atoms with Gasteiger partial charge in [-0.05, 0) is 65.4 Å². The molecule has 1 rings (SSSR count). The topological polar surface area (TPSA) is 108 Å². The highest BCUT2D eigenvalue weighted by Crippen LogP contribution is 2.34. The number of benzene rings is 1. The number of para-hydroxylation sites is 1. The van der Waals surface area contributed by atoms with Gasteiger partial charge in [0.05, 0.1) is 0 Å². The highest BCUT2D eigenvalue weighted by atomic mass is 32.1. The highest BCUT2D eigenvalue weighted by molar-refractivity contribution is 7.80. The minimum Gasteiger partial charge on any atom is -0.507 e. The molecule has 0 heterocycles. The number of carbonyl (C=O) groups excluding carboxylic acids is 3. The van der Waals surface area contributed by atoms with E-state index in [1.54, 1.807) is 45.9 Å². The molecule has 3 amide bonds. The van der Waals surface area contributed by atoms with E-state index in [-0.39, 0.29) is 23.5 Å². The van der Waals surface area contributed by atoms with Gasteiger partial charge in [0.1, 0.15) is 23.4 Å². The third-order valence-corrected chi connectivity index (χ3v) is 6.35. The Morgan fingerprint density at radius 3 is 2.32 bits per heavy atom. The second-order valence-electron chi connectivity index (χ2n) is 11.0. The SMILES string of the molecule is CCCCNC(=O)C(c1cccc(C)c1O)N(C(=O)C(CS)NC(=O)OC(C)(C)C)C(C)CCC(C)C. The van der Waals surface area contributed by atoms with Gasteiger partial charge in [0, 0.05) is 23.9 Å². The van der Waals surface area contributed by atoms with Gasteiger partial charge in [0.15, 0.2) is 0 Å². The number of carbonyl (C=O) groups is 3. The summed E-state index contributed by atoms with van der Waals surface area (Å²) in [4.78, 5) is 41.7. The minimum atomic E-state index is -1.09. The number of hydrogen-bond acceptors (Lipinski definition) is 6. The van der Waals surface area contributed by atoms with E-state index in [2.05, 4.69) is 37.1 Å². The summed E-state index contributed by atoms with van der Waals surface area (Å²) in [5.74, 6) is -0.475. The predicted octanol–water partition coefficient (Wildman–Crippen LogP) is 5.13. The molecule has 0 fully saturated rings. The summed E-state index contributed by atoms with van der Waals surface area (Å²) in [6, 6.07) is 2.69. The third kappa shape index (κ3) is 10.5. The average Bonchev–Trinajstić information content (AvgIpc) is 2.80. The number of unbranched alkanes of at least 4 members (excludes halogenated alkanes) is 1. The molecule has 0 bridgehead atoms. The van der Waals surface area contributed by atoms with E-state index in [9.17, 15) is 19.5 Å². The molecule has 3 N–H and O–H groups in total. The zero-order valence-corrected chi connectivity index (χ0v) is 24.7. The first-order valence-electron chi connectivity index (χ1n) is 13.2. The maximum atomic E-state index is 14.1. The van der Waals surface area contributed by atoms with Gasteiger partial charge in [-0.2, -0.15) is 12.6 Å². The van der Waals surface area contributed by atoms with Gasteiger partial charge in [-0.25, -0.2) is 4.79 Å². The molecule has 0 spiro atoms. The van der Waals surface area contributed by atoms with E-state index < -0.39 is 29.7 Å². The van der Waals surface area contributed by atoms with Crippen molar-refractivity contribution in [1.29, 1.82) is 0 Å². The van der Waals surface area contributed by atoms with Gasteiger partial charge < -0.3 is 25.4 Å². The van der Waals surface area contributed by atoms with Crippen LogP contribution in [0.2, 0.25) is 0 Å². The summed E-state index contributed by atoms with van der Waals surface area (Å²) in [6.07, 6.45) is 2.42. The first kappa shape index (κ1) is 32.6. The van der Waals surface area contributed by atoms with Crippen LogP contribution in [0.5, 0.6) is 5.75 Å². The first-order valence-corrected chi connectivity index (χ1v) is 13.8. The molecule has 37 heavy (non-hydrogen) atoms. The van der Waals surface area contributed by atoms with E-state index in [4.69, 9.17) is 4.74 Å². The zero-order valence-electron chi connectivity index (χ0n) is 23.8. The Kier molecular flexibility index (Phi) is 13.3. The average molecular weight is 538 g/mol. The lowest BCUT2D eigenvalue weighted by molar-refractivity contribution is -0.144. The van der Waals surface area contributed by atoms with E-state index in [0.717, 1.165) is 19.3 Å². The van der Waals surface area contributed by atoms with Crippen molar-refractivity contribution in [2.45, 2.75) is 105 Å². The van der Waals surface area contributed by atoms with E-state index in [1.807, 2.05) is 13.8 Å². The van der Waals surface area contributed by atoms with Crippen LogP contribution in [0.1, 0.15) is 91.3 Å². The Labute approximate surface area is 228 Å². The molecule has 1 aromatic rings. The van der Waals surface area contributed by atoms with Crippen LogP contribution in [0.15, 0.2) is 18.2 Å². The van der Waals surface area contributed by atoms with Crippen LogP contribution in [0, 0.1) is 12.8 Å². The summed E-state index contributed by atoms with van der Waals surface area (Å²) in [5.41, 5.74) is 0.200. The Morgan fingerprint density at radius 1 is 1.14 bits per heavy atom. The van der Waals surface area contributed by atoms with Crippen molar-refractivity contribution < 1.29 is 24.2 Å². The van der Waals surface area contributed by atoms with Gasteiger partial charge in [0.2, 0.25) is 11.8 Å². The molecule has 0 saturated heterocycles. The number of alkyl carbamates (subject to hydrolysis) is 1. The Bertz CT molecular complexity index is 900. The quantitative estimate of drug-likeness (QED) is 0.206. The molecule has 0 radical (unpaired) electrons. The van der Waals surface area contributed by atoms with Crippen LogP contribution in [0.4, 0.5) is 4.79 Å². The number of ether oxygens (including phenoxy) is 1. The standard InChI is InChI=1S/C28H47N3O5S/c1-9-10-16-29-25(33)23(21-13-11-12-19(4)24(21)32)31(20(5)15-14-18(2)3)26(34)22(17-37)30-27(35)36-28(6,7)8/h11-13,18,20,22-23,32,37H,9-10,14-17H2,1-8H3,(H,29,33)(H,30,35). The number of phenols is 1. The number of nitrogens with one attached hydrogen (secondary N) is 2. The van der Waals surface area contributed by atoms with Crippen LogP contribution in [0.3, 0.4) is 0 Å². The maximum absolute atomic E-state index is 14.1. The summed E-state index contributed by atoms with van der Waals surface area (Å²) >= 11 is 4.33. The molecule has 0 aliphatic carbocycles. The Balaban J connectivity index is 3.56. The fraction of sp³-hybridized carbons (Fsp3) is 0.679. The number of aryl methyl sites for hydroxylation is 1. The number of rotatable bonds is 13. The number of amides is 3. The van der Waals surface area contributed by atoms with Crippen molar-refractivity contribution in [3.05, 3.63) is 29.3 Å². The lowest BCUT2D eigenvalue weighted by Gasteiger charge is -2.39. The number of aromatic hydroxyl groups is 1. The summed E-state index contributed by atoms with van der Waals surface area (Å²) in [6.45, 7) is 15.5. The molecule has 8 nitrogen and oxygen atoms in total. The van der Waals surface area contributed by atoms with Crippen molar-refractivity contribution >= 4 is 30.5 Å². The summed E-state index contributed by atoms with van der Waals surface area (Å²) in [5, 5.41) is 16.5. The second-order valence-corrected chi connectivity index (χ2v) is 11.4. The van der Waals surface area contributed by atoms with Gasteiger partial charge in [-0.3, -0.25) is 9.59 Å². The van der Waals surface area contributed by atoms with Gasteiger partial charge in [-0.15, -0.1) is 0 Å². The zero-order chi connectivity index (χ0) is 28.3. The number of nitrogens with zero attached hydrogens (tertiary/aromatic N) is 1. The molecule has 0 aliphatic heterocycles. The fourth-order valence-corrected chi connectivity index (χ4v) is 4.18.